The summed E-state index contributed by atoms with van der Waals surface area (Å²) in [4.78, 5) is 50.2. The molecule has 0 aliphatic carbocycles. The number of aliphatic carboxylic acids is 2. The standard InChI is InChI=1S/C21H39NO4.C20H37NO4/c1-16(12-10-8-7-9-11-13-18(23)24)19(25)26-17-14-20(2,3)22(6)21(4,5)15-17;1-19(2)14-16(15-20(3,4)21(19)5)25-18(24)13-11-9-7-6-8-10-12-17(22)23/h16-17H,7-15H2,1-6H3,(H,23,24);16H,6-15H2,1-5H3,(H,22,23). The van der Waals surface area contributed by atoms with E-state index in [9.17, 15) is 19.2 Å². The van der Waals surface area contributed by atoms with Crippen molar-refractivity contribution in [1.82, 2.24) is 9.80 Å². The van der Waals surface area contributed by atoms with Crippen LogP contribution in [0.15, 0.2) is 0 Å². The Balaban J connectivity index is 0.000000510. The number of likely N-dealkylation sites (tertiary alicyclic amines) is 2. The number of piperidine rings is 2. The Morgan fingerprint density at radius 2 is 0.863 bits per heavy atom. The van der Waals surface area contributed by atoms with Gasteiger partial charge >= 0.3 is 23.9 Å². The summed E-state index contributed by atoms with van der Waals surface area (Å²) >= 11 is 0. The van der Waals surface area contributed by atoms with Crippen LogP contribution in [0.5, 0.6) is 0 Å². The number of rotatable bonds is 20. The van der Waals surface area contributed by atoms with Crippen molar-refractivity contribution in [2.75, 3.05) is 14.1 Å². The van der Waals surface area contributed by atoms with Crippen LogP contribution in [-0.2, 0) is 28.7 Å². The van der Waals surface area contributed by atoms with E-state index in [4.69, 9.17) is 19.7 Å². The van der Waals surface area contributed by atoms with E-state index in [1.807, 2.05) is 6.92 Å². The van der Waals surface area contributed by atoms with Gasteiger partial charge in [-0.15, -0.1) is 0 Å². The van der Waals surface area contributed by atoms with Crippen molar-refractivity contribution in [3.05, 3.63) is 0 Å². The first kappa shape index (κ1) is 46.8. The van der Waals surface area contributed by atoms with Crippen molar-refractivity contribution in [3.63, 3.8) is 0 Å². The zero-order valence-electron chi connectivity index (χ0n) is 34.4. The first-order valence-electron chi connectivity index (χ1n) is 19.8. The molecule has 1 unspecified atom stereocenters. The van der Waals surface area contributed by atoms with Gasteiger partial charge in [0.15, 0.2) is 0 Å². The Bertz CT molecular complexity index is 1050. The molecule has 51 heavy (non-hydrogen) atoms. The van der Waals surface area contributed by atoms with Crippen molar-refractivity contribution in [3.8, 4) is 0 Å². The van der Waals surface area contributed by atoms with Crippen LogP contribution in [0.1, 0.15) is 184 Å². The average molecular weight is 725 g/mol. The van der Waals surface area contributed by atoms with Crippen LogP contribution in [0.3, 0.4) is 0 Å². The molecular formula is C41H76N2O8. The van der Waals surface area contributed by atoms with E-state index in [2.05, 4.69) is 79.3 Å². The Morgan fingerprint density at radius 3 is 1.24 bits per heavy atom. The highest BCUT2D eigenvalue weighted by molar-refractivity contribution is 5.72. The molecule has 2 aliphatic rings. The van der Waals surface area contributed by atoms with Gasteiger partial charge in [0.05, 0.1) is 5.92 Å². The van der Waals surface area contributed by atoms with Crippen LogP contribution >= 0.6 is 0 Å². The van der Waals surface area contributed by atoms with E-state index >= 15 is 0 Å². The van der Waals surface area contributed by atoms with E-state index in [-0.39, 0.29) is 65.1 Å². The molecule has 0 aromatic heterocycles. The fourth-order valence-electron chi connectivity index (χ4n) is 7.88. The number of carboxylic acids is 2. The summed E-state index contributed by atoms with van der Waals surface area (Å²) < 4.78 is 11.6. The third-order valence-electron chi connectivity index (χ3n) is 11.6. The molecule has 298 valence electrons. The molecule has 0 saturated carbocycles. The van der Waals surface area contributed by atoms with Crippen LogP contribution in [-0.4, -0.2) is 92.3 Å². The first-order valence-corrected chi connectivity index (χ1v) is 19.8. The Kier molecular flexibility index (Phi) is 19.7. The molecular weight excluding hydrogens is 648 g/mol. The largest absolute Gasteiger partial charge is 0.481 e. The minimum Gasteiger partial charge on any atom is -0.481 e. The topological polar surface area (TPSA) is 134 Å². The molecule has 2 saturated heterocycles. The molecule has 0 radical (unpaired) electrons. The monoisotopic (exact) mass is 725 g/mol. The highest BCUT2D eigenvalue weighted by atomic mass is 16.5. The summed E-state index contributed by atoms with van der Waals surface area (Å²) in [6.45, 7) is 19.6. The number of carbonyl (C=O) groups is 4. The van der Waals surface area contributed by atoms with Crippen LogP contribution in [0.25, 0.3) is 0 Å². The highest BCUT2D eigenvalue weighted by Crippen LogP contribution is 2.39. The van der Waals surface area contributed by atoms with Gasteiger partial charge in [-0.05, 0) is 95.2 Å². The molecule has 0 aromatic rings. The smallest absolute Gasteiger partial charge is 0.308 e. The summed E-state index contributed by atoms with van der Waals surface area (Å²) in [6, 6.07) is 0. The molecule has 0 spiro atoms. The molecule has 10 nitrogen and oxygen atoms in total. The van der Waals surface area contributed by atoms with Crippen molar-refractivity contribution < 1.29 is 38.9 Å². The summed E-state index contributed by atoms with van der Waals surface area (Å²) in [5.74, 6) is -1.66. The minimum absolute atomic E-state index is 0.00437. The zero-order valence-corrected chi connectivity index (χ0v) is 34.4. The van der Waals surface area contributed by atoms with E-state index in [1.54, 1.807) is 0 Å². The molecule has 0 amide bonds. The molecule has 2 heterocycles. The SMILES string of the molecule is CC(CCCCCCCC(=O)O)C(=O)OC1CC(C)(C)N(C)C(C)(C)C1.CN1C(C)(C)CC(OC(=O)CCCCCCCCC(=O)O)CC1(C)C. The minimum atomic E-state index is -0.721. The second-order valence-corrected chi connectivity index (χ2v) is 18.0. The Hall–Kier alpha value is -2.20. The van der Waals surface area contributed by atoms with Gasteiger partial charge in [0.25, 0.3) is 0 Å². The maximum atomic E-state index is 12.5. The maximum Gasteiger partial charge on any atom is 0.308 e. The number of carboxylic acid groups (broad SMARTS) is 2. The number of esters is 2. The lowest BCUT2D eigenvalue weighted by Gasteiger charge is -2.53. The van der Waals surface area contributed by atoms with Gasteiger partial charge in [0, 0.05) is 67.1 Å². The number of hydrogen-bond donors (Lipinski definition) is 2. The van der Waals surface area contributed by atoms with Crippen LogP contribution in [0.2, 0.25) is 0 Å². The third kappa shape index (κ3) is 17.9. The van der Waals surface area contributed by atoms with Crippen LogP contribution in [0.4, 0.5) is 0 Å². The number of unbranched alkanes of at least 4 members (excludes halogenated alkanes) is 9. The van der Waals surface area contributed by atoms with Gasteiger partial charge in [-0.3, -0.25) is 29.0 Å². The van der Waals surface area contributed by atoms with Gasteiger partial charge in [0.1, 0.15) is 12.2 Å². The van der Waals surface area contributed by atoms with E-state index in [1.165, 1.54) is 0 Å². The predicted molar refractivity (Wildman–Crippen MR) is 204 cm³/mol. The van der Waals surface area contributed by atoms with Crippen molar-refractivity contribution in [1.29, 1.82) is 0 Å². The number of nitrogens with zero attached hydrogens (tertiary/aromatic N) is 2. The fraction of sp³-hybridized carbons (Fsp3) is 0.902. The number of hydrogen-bond acceptors (Lipinski definition) is 8. The number of ether oxygens (including phenoxy) is 2. The number of carbonyl (C=O) groups excluding carboxylic acids is 2. The zero-order chi connectivity index (χ0) is 39.0. The van der Waals surface area contributed by atoms with Crippen molar-refractivity contribution in [2.24, 2.45) is 5.92 Å². The second-order valence-electron chi connectivity index (χ2n) is 18.0. The molecule has 2 N–H and O–H groups in total. The summed E-state index contributed by atoms with van der Waals surface area (Å²) in [6.07, 6.45) is 15.8. The average Bonchev–Trinajstić information content (AvgIpc) is 2.98. The van der Waals surface area contributed by atoms with Gasteiger partial charge in [0.2, 0.25) is 0 Å². The normalized spacial score (nSPS) is 20.8. The van der Waals surface area contributed by atoms with Crippen molar-refractivity contribution >= 4 is 23.9 Å². The quantitative estimate of drug-likeness (QED) is 0.0926. The van der Waals surface area contributed by atoms with E-state index in [0.29, 0.717) is 6.42 Å². The van der Waals surface area contributed by atoms with Crippen molar-refractivity contribution in [2.45, 2.75) is 219 Å². The molecule has 10 heteroatoms. The first-order chi connectivity index (χ1) is 23.5. The fourth-order valence-corrected chi connectivity index (χ4v) is 7.88. The van der Waals surface area contributed by atoms with Gasteiger partial charge in [-0.1, -0.05) is 58.3 Å². The molecule has 0 bridgehead atoms. The van der Waals surface area contributed by atoms with E-state index in [0.717, 1.165) is 103 Å². The summed E-state index contributed by atoms with van der Waals surface area (Å²) in [5.41, 5.74) is 0.100. The molecule has 1 atom stereocenters. The Labute approximate surface area is 310 Å². The lowest BCUT2D eigenvalue weighted by molar-refractivity contribution is -0.163. The lowest BCUT2D eigenvalue weighted by Crippen LogP contribution is -2.60. The predicted octanol–water partition coefficient (Wildman–Crippen LogP) is 9.02. The van der Waals surface area contributed by atoms with Crippen LogP contribution in [0, 0.1) is 5.92 Å². The van der Waals surface area contributed by atoms with Gasteiger partial charge < -0.3 is 19.7 Å². The molecule has 0 aromatic carbocycles. The van der Waals surface area contributed by atoms with Gasteiger partial charge in [-0.25, -0.2) is 0 Å². The lowest BCUT2D eigenvalue weighted by atomic mass is 9.78. The molecule has 2 aliphatic heterocycles. The van der Waals surface area contributed by atoms with Crippen LogP contribution < -0.4 is 0 Å². The van der Waals surface area contributed by atoms with E-state index < -0.39 is 11.9 Å². The third-order valence-corrected chi connectivity index (χ3v) is 11.6. The second kappa shape index (κ2) is 21.5. The molecule has 2 fully saturated rings. The highest BCUT2D eigenvalue weighted by Gasteiger charge is 2.45. The van der Waals surface area contributed by atoms with Gasteiger partial charge in [-0.2, -0.15) is 0 Å². The summed E-state index contributed by atoms with van der Waals surface area (Å²) in [5, 5.41) is 17.2. The Morgan fingerprint density at radius 1 is 0.549 bits per heavy atom. The summed E-state index contributed by atoms with van der Waals surface area (Å²) in [7, 11) is 4.30. The molecule has 2 rings (SSSR count). The maximum absolute atomic E-state index is 12.5.